The SMILES string of the molecule is CC(=O)c1ccc(-c2cc3cnn(C4CCN(C(=O)OC(C)C)CC4)c3cn2)cc1F. The predicted molar refractivity (Wildman–Crippen MR) is 114 cm³/mol. The lowest BCUT2D eigenvalue weighted by Gasteiger charge is -2.32. The minimum Gasteiger partial charge on any atom is -0.447 e. The van der Waals surface area contributed by atoms with E-state index in [-0.39, 0.29) is 29.6 Å². The van der Waals surface area contributed by atoms with Crippen LogP contribution in [-0.4, -0.2) is 50.7 Å². The molecule has 1 saturated heterocycles. The largest absolute Gasteiger partial charge is 0.447 e. The first kappa shape index (κ1) is 21.0. The topological polar surface area (TPSA) is 77.3 Å². The number of amides is 1. The highest BCUT2D eigenvalue weighted by molar-refractivity contribution is 5.95. The standard InChI is InChI=1S/C23H25FN4O3/c1-14(2)31-23(30)27-8-6-18(7-9-27)28-22-13-25-21(11-17(22)12-26-28)16-4-5-19(15(3)29)20(24)10-16/h4-5,10-14,18H,6-9H2,1-3H3. The number of halogens is 1. The second kappa shape index (κ2) is 8.45. The van der Waals surface area contributed by atoms with E-state index in [9.17, 15) is 14.0 Å². The van der Waals surface area contributed by atoms with Gasteiger partial charge in [0.1, 0.15) is 5.82 Å². The molecule has 0 unspecified atom stereocenters. The van der Waals surface area contributed by atoms with Crippen molar-refractivity contribution in [1.29, 1.82) is 0 Å². The molecular weight excluding hydrogens is 399 g/mol. The van der Waals surface area contributed by atoms with Crippen molar-refractivity contribution in [2.75, 3.05) is 13.1 Å². The van der Waals surface area contributed by atoms with E-state index in [2.05, 4.69) is 10.1 Å². The number of likely N-dealkylation sites (tertiary alicyclic amines) is 1. The third-order valence-electron chi connectivity index (χ3n) is 5.53. The molecule has 31 heavy (non-hydrogen) atoms. The van der Waals surface area contributed by atoms with E-state index >= 15 is 0 Å². The summed E-state index contributed by atoms with van der Waals surface area (Å²) in [5, 5.41) is 5.46. The molecule has 1 aliphatic heterocycles. The number of rotatable bonds is 4. The highest BCUT2D eigenvalue weighted by atomic mass is 19.1. The van der Waals surface area contributed by atoms with Crippen molar-refractivity contribution in [2.24, 2.45) is 0 Å². The average Bonchev–Trinajstić information content (AvgIpc) is 3.16. The summed E-state index contributed by atoms with van der Waals surface area (Å²) >= 11 is 0. The number of ether oxygens (including phenoxy) is 1. The quantitative estimate of drug-likeness (QED) is 0.571. The number of piperidine rings is 1. The number of ketones is 1. The summed E-state index contributed by atoms with van der Waals surface area (Å²) in [6.45, 7) is 6.26. The number of fused-ring (bicyclic) bond motifs is 1. The molecule has 0 radical (unpaired) electrons. The van der Waals surface area contributed by atoms with Crippen molar-refractivity contribution in [1.82, 2.24) is 19.7 Å². The average molecular weight is 424 g/mol. The van der Waals surface area contributed by atoms with Gasteiger partial charge in [0.2, 0.25) is 0 Å². The number of Topliss-reactive ketones (excluding diaryl/α,β-unsaturated/α-hetero) is 1. The van der Waals surface area contributed by atoms with E-state index in [1.165, 1.54) is 19.1 Å². The van der Waals surface area contributed by atoms with Gasteiger partial charge in [0.05, 0.1) is 41.3 Å². The van der Waals surface area contributed by atoms with Crippen LogP contribution in [0.4, 0.5) is 9.18 Å². The van der Waals surface area contributed by atoms with Gasteiger partial charge < -0.3 is 9.64 Å². The number of pyridine rings is 1. The summed E-state index contributed by atoms with van der Waals surface area (Å²) < 4.78 is 21.4. The lowest BCUT2D eigenvalue weighted by molar-refractivity contribution is 0.0656. The number of hydrogen-bond acceptors (Lipinski definition) is 5. The molecule has 162 valence electrons. The predicted octanol–water partition coefficient (Wildman–Crippen LogP) is 4.62. The van der Waals surface area contributed by atoms with Gasteiger partial charge >= 0.3 is 6.09 Å². The lowest BCUT2D eigenvalue weighted by Crippen LogP contribution is -2.40. The molecule has 8 heteroatoms. The Bertz CT molecular complexity index is 1130. The molecule has 7 nitrogen and oxygen atoms in total. The van der Waals surface area contributed by atoms with Gasteiger partial charge in [-0.25, -0.2) is 9.18 Å². The van der Waals surface area contributed by atoms with Gasteiger partial charge in [0, 0.05) is 24.0 Å². The number of benzene rings is 1. The van der Waals surface area contributed by atoms with Crippen LogP contribution in [-0.2, 0) is 4.74 Å². The Labute approximate surface area is 179 Å². The molecule has 0 aliphatic carbocycles. The fourth-order valence-electron chi connectivity index (χ4n) is 3.92. The second-order valence-electron chi connectivity index (χ2n) is 8.12. The normalized spacial score (nSPS) is 14.9. The molecule has 4 rings (SSSR count). The van der Waals surface area contributed by atoms with Crippen LogP contribution in [0, 0.1) is 5.82 Å². The molecule has 1 fully saturated rings. The number of hydrogen-bond donors (Lipinski definition) is 0. The lowest BCUT2D eigenvalue weighted by atomic mass is 10.0. The van der Waals surface area contributed by atoms with E-state index in [1.807, 2.05) is 24.6 Å². The van der Waals surface area contributed by atoms with Crippen molar-refractivity contribution < 1.29 is 18.7 Å². The highest BCUT2D eigenvalue weighted by Crippen LogP contribution is 2.29. The Morgan fingerprint density at radius 1 is 1.16 bits per heavy atom. The van der Waals surface area contributed by atoms with Crippen molar-refractivity contribution in [2.45, 2.75) is 45.8 Å². The maximum atomic E-state index is 14.2. The summed E-state index contributed by atoms with van der Waals surface area (Å²) in [6, 6.07) is 6.56. The fourth-order valence-corrected chi connectivity index (χ4v) is 3.92. The molecule has 1 aromatic carbocycles. The summed E-state index contributed by atoms with van der Waals surface area (Å²) in [4.78, 5) is 29.8. The Balaban J connectivity index is 1.52. The van der Waals surface area contributed by atoms with Crippen LogP contribution in [0.5, 0.6) is 0 Å². The Morgan fingerprint density at radius 3 is 2.55 bits per heavy atom. The van der Waals surface area contributed by atoms with Crippen molar-refractivity contribution in [3.05, 3.63) is 48.0 Å². The highest BCUT2D eigenvalue weighted by Gasteiger charge is 2.26. The summed E-state index contributed by atoms with van der Waals surface area (Å²) in [7, 11) is 0. The minimum absolute atomic E-state index is 0.0706. The van der Waals surface area contributed by atoms with E-state index in [1.54, 1.807) is 23.4 Å². The minimum atomic E-state index is -0.551. The second-order valence-corrected chi connectivity index (χ2v) is 8.12. The molecule has 1 aliphatic rings. The first-order valence-electron chi connectivity index (χ1n) is 10.4. The molecule has 0 atom stereocenters. The third-order valence-corrected chi connectivity index (χ3v) is 5.53. The van der Waals surface area contributed by atoms with E-state index in [0.29, 0.717) is 24.3 Å². The van der Waals surface area contributed by atoms with Crippen LogP contribution in [0.25, 0.3) is 22.2 Å². The van der Waals surface area contributed by atoms with E-state index in [0.717, 1.165) is 23.7 Å². The zero-order valence-corrected chi connectivity index (χ0v) is 17.8. The van der Waals surface area contributed by atoms with Crippen molar-refractivity contribution >= 4 is 22.8 Å². The molecule has 0 saturated carbocycles. The zero-order valence-electron chi connectivity index (χ0n) is 17.8. The van der Waals surface area contributed by atoms with Gasteiger partial charge in [-0.1, -0.05) is 6.07 Å². The maximum absolute atomic E-state index is 14.2. The molecule has 0 N–H and O–H groups in total. The van der Waals surface area contributed by atoms with Crippen molar-refractivity contribution in [3.63, 3.8) is 0 Å². The Morgan fingerprint density at radius 2 is 1.90 bits per heavy atom. The monoisotopic (exact) mass is 424 g/mol. The third kappa shape index (κ3) is 4.28. The number of carbonyl (C=O) groups is 2. The van der Waals surface area contributed by atoms with Gasteiger partial charge in [-0.2, -0.15) is 5.10 Å². The van der Waals surface area contributed by atoms with Gasteiger partial charge in [0.15, 0.2) is 5.78 Å². The fraction of sp³-hybridized carbons (Fsp3) is 0.391. The number of carbonyl (C=O) groups excluding carboxylic acids is 2. The van der Waals surface area contributed by atoms with E-state index in [4.69, 9.17) is 4.74 Å². The summed E-state index contributed by atoms with van der Waals surface area (Å²) in [6.07, 6.45) is 4.68. The summed E-state index contributed by atoms with van der Waals surface area (Å²) in [5.41, 5.74) is 2.19. The maximum Gasteiger partial charge on any atom is 0.410 e. The number of aromatic nitrogens is 3. The molecule has 0 bridgehead atoms. The molecular formula is C23H25FN4O3. The molecule has 2 aromatic heterocycles. The first-order valence-corrected chi connectivity index (χ1v) is 10.4. The van der Waals surface area contributed by atoms with Crippen LogP contribution in [0.1, 0.15) is 50.0 Å². The van der Waals surface area contributed by atoms with Crippen LogP contribution >= 0.6 is 0 Å². The van der Waals surface area contributed by atoms with Gasteiger partial charge in [-0.05, 0) is 51.8 Å². The summed E-state index contributed by atoms with van der Waals surface area (Å²) in [5.74, 6) is -0.859. The van der Waals surface area contributed by atoms with Crippen LogP contribution < -0.4 is 0 Å². The van der Waals surface area contributed by atoms with Crippen LogP contribution in [0.2, 0.25) is 0 Å². The van der Waals surface area contributed by atoms with Gasteiger partial charge in [0.25, 0.3) is 0 Å². The smallest absolute Gasteiger partial charge is 0.410 e. The molecule has 3 aromatic rings. The van der Waals surface area contributed by atoms with E-state index < -0.39 is 5.82 Å². The van der Waals surface area contributed by atoms with Crippen LogP contribution in [0.15, 0.2) is 36.7 Å². The number of nitrogens with zero attached hydrogens (tertiary/aromatic N) is 4. The first-order chi connectivity index (χ1) is 14.8. The molecule has 3 heterocycles. The van der Waals surface area contributed by atoms with Gasteiger partial charge in [-0.15, -0.1) is 0 Å². The molecule has 0 spiro atoms. The molecule has 1 amide bonds. The van der Waals surface area contributed by atoms with Crippen LogP contribution in [0.3, 0.4) is 0 Å². The zero-order chi connectivity index (χ0) is 22.1. The Kier molecular flexibility index (Phi) is 5.71. The van der Waals surface area contributed by atoms with Crippen molar-refractivity contribution in [3.8, 4) is 11.3 Å². The van der Waals surface area contributed by atoms with Gasteiger partial charge in [-0.3, -0.25) is 14.5 Å². The Hall–Kier alpha value is -3.29.